The van der Waals surface area contributed by atoms with E-state index in [-0.39, 0.29) is 60.4 Å². The molecule has 2 aliphatic heterocycles. The molecule has 0 spiro atoms. The van der Waals surface area contributed by atoms with E-state index in [1.165, 1.54) is 0 Å². The van der Waals surface area contributed by atoms with Crippen LogP contribution < -0.4 is 34.7 Å². The van der Waals surface area contributed by atoms with Crippen molar-refractivity contribution in [1.82, 2.24) is 0 Å². The number of Topliss-reactive ketones (excluding diaryl/α,β-unsaturated/α-hetero) is 2. The van der Waals surface area contributed by atoms with Gasteiger partial charge in [0.05, 0.1) is 32.8 Å². The van der Waals surface area contributed by atoms with E-state index >= 15 is 0 Å². The van der Waals surface area contributed by atoms with Gasteiger partial charge in [0.1, 0.15) is 31.2 Å². The Morgan fingerprint density at radius 2 is 0.939 bits per heavy atom. The summed E-state index contributed by atoms with van der Waals surface area (Å²) in [4.78, 5) is 99.5. The number of hydrogen-bond donors (Lipinski definition) is 4. The molecule has 6 atom stereocenters. The molecular weight excluding hydrogens is 1080 g/mol. The third kappa shape index (κ3) is 19.8. The molecule has 0 aromatic rings. The molecule has 0 saturated carbocycles. The maximum atomic E-state index is 13.4. The summed E-state index contributed by atoms with van der Waals surface area (Å²) in [6.45, 7) is 17.6. The maximum Gasteiger partial charge on any atom is 1.00 e. The molecule has 0 amide bonds. The zero-order chi connectivity index (χ0) is 60.5. The number of aliphatic hydroxyl groups excluding tert-OH is 4. The monoisotopic (exact) mass is 1150 g/mol. The zero-order valence-corrected chi connectivity index (χ0v) is 50.5. The molecule has 0 fully saturated rings. The van der Waals surface area contributed by atoms with Crippen molar-refractivity contribution in [2.45, 2.75) is 144 Å². The van der Waals surface area contributed by atoms with Gasteiger partial charge in [-0.25, -0.2) is 9.59 Å². The van der Waals surface area contributed by atoms with Gasteiger partial charge in [-0.05, 0) is 74.7 Å². The summed E-state index contributed by atoms with van der Waals surface area (Å²) < 4.78 is 35.0. The molecule has 0 bridgehead atoms. The molecule has 2 heterocycles. The molecule has 438 valence electrons. The van der Waals surface area contributed by atoms with Crippen molar-refractivity contribution in [1.29, 1.82) is 0 Å². The van der Waals surface area contributed by atoms with Gasteiger partial charge < -0.3 is 58.7 Å². The number of rotatable bonds is 25. The van der Waals surface area contributed by atoms with E-state index in [0.29, 0.717) is 11.1 Å². The van der Waals surface area contributed by atoms with Crippen LogP contribution in [0.25, 0.3) is 0 Å². The van der Waals surface area contributed by atoms with Gasteiger partial charge in [-0.2, -0.15) is 0 Å². The second kappa shape index (κ2) is 31.4. The Morgan fingerprint density at radius 3 is 1.30 bits per heavy atom. The summed E-state index contributed by atoms with van der Waals surface area (Å²) in [6, 6.07) is 0. The molecule has 6 unspecified atom stereocenters. The fourth-order valence-corrected chi connectivity index (χ4v) is 8.90. The smallest absolute Gasteiger partial charge is 0.865 e. The fourth-order valence-electron chi connectivity index (χ4n) is 8.90. The van der Waals surface area contributed by atoms with Crippen LogP contribution in [-0.4, -0.2) is 125 Å². The zero-order valence-electron chi connectivity index (χ0n) is 48.5. The molecule has 4 N–H and O–H groups in total. The minimum Gasteiger partial charge on any atom is -0.865 e. The minimum atomic E-state index is -1.70. The van der Waals surface area contributed by atoms with E-state index in [2.05, 4.69) is 4.74 Å². The Morgan fingerprint density at radius 1 is 0.585 bits per heavy atom. The van der Waals surface area contributed by atoms with Gasteiger partial charge in [0.25, 0.3) is 0 Å². The number of ketones is 2. The van der Waals surface area contributed by atoms with Gasteiger partial charge in [0.2, 0.25) is 5.76 Å². The van der Waals surface area contributed by atoms with Gasteiger partial charge in [-0.15, -0.1) is 0 Å². The number of ether oxygens (including phenoxy) is 7. The minimum absolute atomic E-state index is 0. The van der Waals surface area contributed by atoms with Crippen LogP contribution in [0.2, 0.25) is 0 Å². The van der Waals surface area contributed by atoms with Crippen LogP contribution in [0.15, 0.2) is 153 Å². The molecular formula is C61H73NaO20. The van der Waals surface area contributed by atoms with Crippen molar-refractivity contribution >= 4 is 47.4 Å². The summed E-state index contributed by atoms with van der Waals surface area (Å²) in [6.07, 6.45) is 17.3. The third-order valence-corrected chi connectivity index (χ3v) is 13.5. The SMILES string of the molecule is COC1=C(O)C(C(O)COC(=O)CCC(=O)OC2CC(C)(C)C(/C=C/C(C)=C/C=C/C(C)=C/C=C/C=C(C)/C=C/C=C(C)/C=C/C3=C(C)C(=O)C(OC(=O)CCC(=O)OCC(O)C4OC(=O)C([O-])=C4O)CC3(C)C)=C(C)C2=O)OC1=O.[Na+]. The Kier molecular flexibility index (Phi) is 26.5. The molecule has 21 heteroatoms. The summed E-state index contributed by atoms with van der Waals surface area (Å²) in [5.41, 5.74) is 5.28. The number of esters is 6. The Labute approximate surface area is 499 Å². The number of carbonyl (C=O) groups is 8. The summed E-state index contributed by atoms with van der Waals surface area (Å²) in [5, 5.41) is 51.3. The van der Waals surface area contributed by atoms with Gasteiger partial charge in [0.15, 0.2) is 41.7 Å². The van der Waals surface area contributed by atoms with Crippen molar-refractivity contribution < 1.29 is 127 Å². The van der Waals surface area contributed by atoms with E-state index in [1.54, 1.807) is 13.8 Å². The van der Waals surface area contributed by atoms with Gasteiger partial charge in [-0.1, -0.05) is 135 Å². The Balaban J connectivity index is 0.0000176. The standard InChI is InChI=1S/C61H74O20.Na/c1-34(18-14-20-36(3)22-24-40-38(5)50(68)44(30-60(40,7)8)78-48(66)28-26-46(64)76-32-42(62)55-52(70)53(71)58(73)80-55)16-12-13-17-35(2)19-15-21-37(4)23-25-41-39(6)51(69)45(31-61(41,9)10)79-49(67)29-27-47(65)77-33-43(63)56-54(72)57(75-11)59(74)81-56;/h12-25,42-45,55-56,62-63,70-72H,26-33H2,1-11H3;/q;+1/p-1/b13-12+,18-14+,19-15+,24-22+,25-23+,34-16+,35-17+,36-20+,37-21+;. The summed E-state index contributed by atoms with van der Waals surface area (Å²) in [7, 11) is 1.14. The predicted octanol–water partition coefficient (Wildman–Crippen LogP) is 3.78. The van der Waals surface area contributed by atoms with Crippen molar-refractivity contribution in [3.05, 3.63) is 153 Å². The number of allylic oxidation sites excluding steroid dienone is 20. The van der Waals surface area contributed by atoms with Crippen LogP contribution >= 0.6 is 0 Å². The normalized spacial score (nSPS) is 22.6. The predicted molar refractivity (Wildman–Crippen MR) is 291 cm³/mol. The molecule has 0 saturated heterocycles. The molecule has 4 rings (SSSR count). The first kappa shape index (κ1) is 69.2. The first-order chi connectivity index (χ1) is 38.0. The number of cyclic esters (lactones) is 2. The maximum absolute atomic E-state index is 13.4. The van der Waals surface area contributed by atoms with Crippen LogP contribution in [0.3, 0.4) is 0 Å². The second-order valence-electron chi connectivity index (χ2n) is 21.1. The van der Waals surface area contributed by atoms with Crippen molar-refractivity contribution in [3.8, 4) is 0 Å². The van der Waals surface area contributed by atoms with E-state index in [9.17, 15) is 63.9 Å². The summed E-state index contributed by atoms with van der Waals surface area (Å²) in [5.74, 6) is -9.74. The molecule has 2 aliphatic carbocycles. The van der Waals surface area contributed by atoms with Gasteiger partial charge in [-0.3, -0.25) is 28.8 Å². The molecule has 4 aliphatic rings. The topological polar surface area (TPSA) is 305 Å². The first-order valence-electron chi connectivity index (χ1n) is 26.1. The van der Waals surface area contributed by atoms with Crippen LogP contribution in [0, 0.1) is 10.8 Å². The largest absolute Gasteiger partial charge is 1.00 e. The van der Waals surface area contributed by atoms with E-state index < -0.39 is 139 Å². The molecule has 0 aromatic carbocycles. The van der Waals surface area contributed by atoms with Crippen LogP contribution in [0.5, 0.6) is 0 Å². The van der Waals surface area contributed by atoms with Crippen LogP contribution in [0.4, 0.5) is 0 Å². The second-order valence-corrected chi connectivity index (χ2v) is 21.1. The molecule has 0 aromatic heterocycles. The van der Waals surface area contributed by atoms with Crippen molar-refractivity contribution in [2.24, 2.45) is 10.8 Å². The third-order valence-electron chi connectivity index (χ3n) is 13.5. The van der Waals surface area contributed by atoms with E-state index in [4.69, 9.17) is 28.4 Å². The van der Waals surface area contributed by atoms with E-state index in [0.717, 1.165) is 40.5 Å². The summed E-state index contributed by atoms with van der Waals surface area (Å²) >= 11 is 0. The quantitative estimate of drug-likeness (QED) is 0.0438. The first-order valence-corrected chi connectivity index (χ1v) is 26.1. The molecule has 0 radical (unpaired) electrons. The van der Waals surface area contributed by atoms with Crippen LogP contribution in [-0.2, 0) is 71.5 Å². The Hall–Kier alpha value is -7.10. The Bertz CT molecular complexity index is 2910. The average molecular weight is 1150 g/mol. The van der Waals surface area contributed by atoms with Crippen molar-refractivity contribution in [3.63, 3.8) is 0 Å². The molecule has 82 heavy (non-hydrogen) atoms. The number of aliphatic hydroxyl groups is 4. The number of carbonyl (C=O) groups excluding carboxylic acids is 8. The fraction of sp³-hybridized carbons (Fsp3) is 0.443. The van der Waals surface area contributed by atoms with Crippen molar-refractivity contribution in [2.75, 3.05) is 20.3 Å². The van der Waals surface area contributed by atoms with Gasteiger partial charge >= 0.3 is 65.4 Å². The van der Waals surface area contributed by atoms with Crippen LogP contribution in [0.1, 0.15) is 108 Å². The molecule has 20 nitrogen and oxygen atoms in total. The average Bonchev–Trinajstić information content (AvgIpc) is 3.97. The van der Waals surface area contributed by atoms with E-state index in [1.807, 2.05) is 140 Å². The number of methoxy groups -OCH3 is 1. The number of hydrogen-bond acceptors (Lipinski definition) is 20. The van der Waals surface area contributed by atoms with Gasteiger partial charge in [0, 0.05) is 18.6 Å².